The maximum Gasteiger partial charge on any atom is 0.335 e. The number of carboxylic acids is 1. The van der Waals surface area contributed by atoms with Gasteiger partial charge in [0.05, 0.1) is 10.6 Å². The molecule has 1 N–H and O–H groups in total. The smallest absolute Gasteiger partial charge is 0.335 e. The molecule has 0 aliphatic heterocycles. The summed E-state index contributed by atoms with van der Waals surface area (Å²) in [5.41, 5.74) is 3.17. The monoisotopic (exact) mass is 290 g/mol. The quantitative estimate of drug-likeness (QED) is 0.916. The highest BCUT2D eigenvalue weighted by Crippen LogP contribution is 2.26. The Labute approximate surface area is 122 Å². The van der Waals surface area contributed by atoms with Crippen LogP contribution in [-0.2, 0) is 6.61 Å². The van der Waals surface area contributed by atoms with Crippen molar-refractivity contribution >= 4 is 17.6 Å². The third-order valence-corrected chi connectivity index (χ3v) is 3.36. The van der Waals surface area contributed by atoms with Crippen LogP contribution in [0, 0.1) is 13.8 Å². The maximum atomic E-state index is 10.9. The first kappa shape index (κ1) is 14.4. The second-order valence-electron chi connectivity index (χ2n) is 4.67. The molecule has 0 fully saturated rings. The van der Waals surface area contributed by atoms with Crippen LogP contribution in [0.15, 0.2) is 36.4 Å². The van der Waals surface area contributed by atoms with E-state index < -0.39 is 5.97 Å². The number of ether oxygens (including phenoxy) is 1. The summed E-state index contributed by atoms with van der Waals surface area (Å²) in [7, 11) is 0. The van der Waals surface area contributed by atoms with Gasteiger partial charge in [0.1, 0.15) is 12.4 Å². The lowest BCUT2D eigenvalue weighted by atomic mass is 10.1. The molecule has 0 atom stereocenters. The minimum absolute atomic E-state index is 0.277. The normalized spacial score (nSPS) is 10.3. The summed E-state index contributed by atoms with van der Waals surface area (Å²) >= 11 is 6.10. The Bertz CT molecular complexity index is 650. The van der Waals surface area contributed by atoms with E-state index >= 15 is 0 Å². The number of hydrogen-bond donors (Lipinski definition) is 1. The number of carbonyl (C=O) groups is 1. The predicted octanol–water partition coefficient (Wildman–Crippen LogP) is 4.23. The summed E-state index contributed by atoms with van der Waals surface area (Å²) in [6, 6.07) is 10.6. The Kier molecular flexibility index (Phi) is 4.30. The van der Waals surface area contributed by atoms with Crippen LogP contribution in [0.3, 0.4) is 0 Å². The van der Waals surface area contributed by atoms with Crippen molar-refractivity contribution in [2.45, 2.75) is 20.5 Å². The molecule has 0 aromatic heterocycles. The molecule has 0 unspecified atom stereocenters. The number of aromatic carboxylic acids is 1. The van der Waals surface area contributed by atoms with Gasteiger partial charge in [-0.3, -0.25) is 0 Å². The minimum Gasteiger partial charge on any atom is -0.487 e. The fourth-order valence-corrected chi connectivity index (χ4v) is 2.16. The van der Waals surface area contributed by atoms with Crippen LogP contribution in [0.4, 0.5) is 0 Å². The van der Waals surface area contributed by atoms with Gasteiger partial charge in [-0.2, -0.15) is 0 Å². The Morgan fingerprint density at radius 2 is 1.95 bits per heavy atom. The molecular formula is C16H15ClO3. The van der Waals surface area contributed by atoms with Crippen LogP contribution >= 0.6 is 11.6 Å². The van der Waals surface area contributed by atoms with Gasteiger partial charge >= 0.3 is 5.97 Å². The summed E-state index contributed by atoms with van der Waals surface area (Å²) < 4.78 is 5.68. The highest BCUT2D eigenvalue weighted by Gasteiger charge is 2.07. The third-order valence-electron chi connectivity index (χ3n) is 3.06. The van der Waals surface area contributed by atoms with Gasteiger partial charge in [-0.15, -0.1) is 0 Å². The zero-order valence-electron chi connectivity index (χ0n) is 11.3. The van der Waals surface area contributed by atoms with Crippen molar-refractivity contribution in [1.29, 1.82) is 0 Å². The minimum atomic E-state index is -0.929. The van der Waals surface area contributed by atoms with Gasteiger partial charge in [0, 0.05) is 0 Å². The highest BCUT2D eigenvalue weighted by atomic mass is 35.5. The molecule has 2 aromatic carbocycles. The number of hydrogen-bond acceptors (Lipinski definition) is 2. The molecule has 0 bridgehead atoms. The van der Waals surface area contributed by atoms with Crippen LogP contribution in [0.5, 0.6) is 5.75 Å². The molecule has 4 heteroatoms. The SMILES string of the molecule is Cc1ccc(OCc2ccc(C(=O)O)cc2C)c(Cl)c1. The lowest BCUT2D eigenvalue weighted by Crippen LogP contribution is -2.02. The van der Waals surface area contributed by atoms with Crippen LogP contribution < -0.4 is 4.74 Å². The van der Waals surface area contributed by atoms with Crippen molar-refractivity contribution in [3.63, 3.8) is 0 Å². The molecule has 104 valence electrons. The van der Waals surface area contributed by atoms with E-state index in [0.717, 1.165) is 16.7 Å². The van der Waals surface area contributed by atoms with Crippen molar-refractivity contribution in [3.8, 4) is 5.75 Å². The zero-order chi connectivity index (χ0) is 14.7. The Balaban J connectivity index is 2.13. The molecule has 0 saturated carbocycles. The first-order valence-electron chi connectivity index (χ1n) is 6.19. The van der Waals surface area contributed by atoms with E-state index in [4.69, 9.17) is 21.4 Å². The predicted molar refractivity (Wildman–Crippen MR) is 78.7 cm³/mol. The zero-order valence-corrected chi connectivity index (χ0v) is 12.1. The van der Waals surface area contributed by atoms with Gasteiger partial charge in [0.15, 0.2) is 0 Å². The number of aryl methyl sites for hydroxylation is 2. The average Bonchev–Trinajstić information content (AvgIpc) is 2.38. The van der Waals surface area contributed by atoms with E-state index in [1.54, 1.807) is 18.2 Å². The fraction of sp³-hybridized carbons (Fsp3) is 0.188. The molecule has 0 heterocycles. The van der Waals surface area contributed by atoms with Crippen molar-refractivity contribution in [3.05, 3.63) is 63.7 Å². The summed E-state index contributed by atoms with van der Waals surface area (Å²) in [6.07, 6.45) is 0. The van der Waals surface area contributed by atoms with Crippen molar-refractivity contribution in [1.82, 2.24) is 0 Å². The number of benzene rings is 2. The van der Waals surface area contributed by atoms with Crippen LogP contribution in [0.25, 0.3) is 0 Å². The van der Waals surface area contributed by atoms with Gasteiger partial charge in [-0.25, -0.2) is 4.79 Å². The maximum absolute atomic E-state index is 10.9. The van der Waals surface area contributed by atoms with Gasteiger partial charge in [-0.1, -0.05) is 23.7 Å². The Morgan fingerprint density at radius 1 is 1.20 bits per heavy atom. The topological polar surface area (TPSA) is 46.5 Å². The van der Waals surface area contributed by atoms with Crippen molar-refractivity contribution in [2.24, 2.45) is 0 Å². The second-order valence-corrected chi connectivity index (χ2v) is 5.08. The number of halogens is 1. The molecule has 2 rings (SSSR count). The Hall–Kier alpha value is -2.00. The van der Waals surface area contributed by atoms with E-state index in [1.165, 1.54) is 0 Å². The van der Waals surface area contributed by atoms with Crippen molar-refractivity contribution in [2.75, 3.05) is 0 Å². The standard InChI is InChI=1S/C16H15ClO3/c1-10-3-6-15(14(17)7-10)20-9-13-5-4-12(16(18)19)8-11(13)2/h3-8H,9H2,1-2H3,(H,18,19). The van der Waals surface area contributed by atoms with Gasteiger partial charge in [0.2, 0.25) is 0 Å². The molecule has 0 spiro atoms. The summed E-state index contributed by atoms with van der Waals surface area (Å²) in [5, 5.41) is 9.50. The molecule has 3 nitrogen and oxygen atoms in total. The summed E-state index contributed by atoms with van der Waals surface area (Å²) in [6.45, 7) is 4.18. The molecule has 0 aliphatic carbocycles. The van der Waals surface area contributed by atoms with E-state index in [1.807, 2.05) is 32.0 Å². The average molecular weight is 291 g/mol. The van der Waals surface area contributed by atoms with Crippen LogP contribution in [-0.4, -0.2) is 11.1 Å². The van der Waals surface area contributed by atoms with Gasteiger partial charge in [0.25, 0.3) is 0 Å². The third kappa shape index (κ3) is 3.31. The molecule has 0 amide bonds. The van der Waals surface area contributed by atoms with E-state index in [-0.39, 0.29) is 5.56 Å². The van der Waals surface area contributed by atoms with Gasteiger partial charge < -0.3 is 9.84 Å². The van der Waals surface area contributed by atoms with Gasteiger partial charge in [-0.05, 0) is 54.8 Å². The lowest BCUT2D eigenvalue weighted by Gasteiger charge is -2.11. The first-order chi connectivity index (χ1) is 9.47. The molecule has 2 aromatic rings. The highest BCUT2D eigenvalue weighted by molar-refractivity contribution is 6.32. The molecule has 0 radical (unpaired) electrons. The lowest BCUT2D eigenvalue weighted by molar-refractivity contribution is 0.0696. The summed E-state index contributed by atoms with van der Waals surface area (Å²) in [5.74, 6) is -0.305. The number of carboxylic acid groups (broad SMARTS) is 1. The number of rotatable bonds is 4. The van der Waals surface area contributed by atoms with E-state index in [2.05, 4.69) is 0 Å². The molecular weight excluding hydrogens is 276 g/mol. The van der Waals surface area contributed by atoms with Crippen LogP contribution in [0.1, 0.15) is 27.0 Å². The molecule has 20 heavy (non-hydrogen) atoms. The molecule has 0 aliphatic rings. The summed E-state index contributed by atoms with van der Waals surface area (Å²) in [4.78, 5) is 10.9. The Morgan fingerprint density at radius 3 is 2.55 bits per heavy atom. The largest absolute Gasteiger partial charge is 0.487 e. The van der Waals surface area contributed by atoms with Crippen LogP contribution in [0.2, 0.25) is 5.02 Å². The van der Waals surface area contributed by atoms with Crippen molar-refractivity contribution < 1.29 is 14.6 Å². The second kappa shape index (κ2) is 5.97. The van der Waals surface area contributed by atoms with E-state index in [0.29, 0.717) is 17.4 Å². The fourth-order valence-electron chi connectivity index (χ4n) is 1.87. The van der Waals surface area contributed by atoms with E-state index in [9.17, 15) is 4.79 Å². The first-order valence-corrected chi connectivity index (χ1v) is 6.57. The molecule has 0 saturated heterocycles.